The minimum atomic E-state index is -0.707. The third kappa shape index (κ3) is 3.79. The molecule has 0 aliphatic heterocycles. The van der Waals surface area contributed by atoms with Gasteiger partial charge in [-0.1, -0.05) is 11.6 Å². The standard InChI is InChI=1S/C15H12ClN3O5/c1-24-14-12(20)7-4-10(13(14)19(22)23)8-17-18-15(21)9-2-5-11(16)6-3-9/h2-8,20H,1H3,(H,18,21)/b17-8+. The first kappa shape index (κ1) is 17.2. The maximum Gasteiger partial charge on any atom is 0.323 e. The Hall–Kier alpha value is -3.13. The normalized spacial score (nSPS) is 10.6. The first-order chi connectivity index (χ1) is 11.4. The Balaban J connectivity index is 2.21. The number of aromatic hydroxyl groups is 1. The molecule has 124 valence electrons. The summed E-state index contributed by atoms with van der Waals surface area (Å²) in [4.78, 5) is 22.3. The van der Waals surface area contributed by atoms with Gasteiger partial charge in [-0.3, -0.25) is 14.9 Å². The van der Waals surface area contributed by atoms with Gasteiger partial charge in [0, 0.05) is 10.6 Å². The maximum atomic E-state index is 11.9. The molecule has 1 amide bonds. The van der Waals surface area contributed by atoms with Crippen LogP contribution in [0.5, 0.6) is 11.5 Å². The molecule has 0 aliphatic carbocycles. The van der Waals surface area contributed by atoms with E-state index in [4.69, 9.17) is 16.3 Å². The van der Waals surface area contributed by atoms with Crippen molar-refractivity contribution in [1.82, 2.24) is 5.43 Å². The van der Waals surface area contributed by atoms with Crippen LogP contribution in [0.15, 0.2) is 41.5 Å². The maximum absolute atomic E-state index is 11.9. The number of carbonyl (C=O) groups excluding carboxylic acids is 1. The number of methoxy groups -OCH3 is 1. The SMILES string of the molecule is COc1c(O)ccc(/C=N/NC(=O)c2ccc(Cl)cc2)c1[N+](=O)[O-]. The fourth-order valence-corrected chi connectivity index (χ4v) is 2.02. The molecule has 0 bridgehead atoms. The number of amides is 1. The number of phenols is 1. The lowest BCUT2D eigenvalue weighted by molar-refractivity contribution is -0.386. The van der Waals surface area contributed by atoms with Crippen LogP contribution in [0.1, 0.15) is 15.9 Å². The number of nitro benzene ring substituents is 1. The molecule has 0 saturated heterocycles. The van der Waals surface area contributed by atoms with Crippen LogP contribution in [0.3, 0.4) is 0 Å². The van der Waals surface area contributed by atoms with E-state index < -0.39 is 16.5 Å². The number of nitro groups is 1. The Morgan fingerprint density at radius 2 is 2.00 bits per heavy atom. The summed E-state index contributed by atoms with van der Waals surface area (Å²) in [5.41, 5.74) is 2.18. The van der Waals surface area contributed by atoms with Gasteiger partial charge < -0.3 is 9.84 Å². The minimum Gasteiger partial charge on any atom is -0.504 e. The van der Waals surface area contributed by atoms with Crippen molar-refractivity contribution in [3.05, 3.63) is 62.7 Å². The monoisotopic (exact) mass is 349 g/mol. The average Bonchev–Trinajstić information content (AvgIpc) is 2.56. The van der Waals surface area contributed by atoms with E-state index >= 15 is 0 Å². The summed E-state index contributed by atoms with van der Waals surface area (Å²) >= 11 is 5.73. The first-order valence-corrected chi connectivity index (χ1v) is 6.95. The second-order valence-electron chi connectivity index (χ2n) is 4.52. The van der Waals surface area contributed by atoms with Crippen LogP contribution < -0.4 is 10.2 Å². The van der Waals surface area contributed by atoms with Crippen LogP contribution in [0.25, 0.3) is 0 Å². The second-order valence-corrected chi connectivity index (χ2v) is 4.96. The Bertz CT molecular complexity index is 806. The summed E-state index contributed by atoms with van der Waals surface area (Å²) in [6.45, 7) is 0. The number of rotatable bonds is 5. The van der Waals surface area contributed by atoms with Crippen molar-refractivity contribution in [2.75, 3.05) is 7.11 Å². The van der Waals surface area contributed by atoms with E-state index in [9.17, 15) is 20.0 Å². The number of nitrogens with one attached hydrogen (secondary N) is 1. The van der Waals surface area contributed by atoms with Crippen LogP contribution >= 0.6 is 11.6 Å². The van der Waals surface area contributed by atoms with Gasteiger partial charge >= 0.3 is 5.69 Å². The molecule has 9 heteroatoms. The minimum absolute atomic E-state index is 0.0612. The van der Waals surface area contributed by atoms with Gasteiger partial charge in [-0.25, -0.2) is 5.43 Å². The Kier molecular flexibility index (Phi) is 5.33. The van der Waals surface area contributed by atoms with E-state index in [-0.39, 0.29) is 17.1 Å². The molecule has 0 fully saturated rings. The predicted molar refractivity (Wildman–Crippen MR) is 87.8 cm³/mol. The number of ether oxygens (including phenoxy) is 1. The van der Waals surface area contributed by atoms with Gasteiger partial charge in [0.1, 0.15) is 0 Å². The highest BCUT2D eigenvalue weighted by atomic mass is 35.5. The van der Waals surface area contributed by atoms with Gasteiger partial charge in [0.2, 0.25) is 5.75 Å². The number of hydrazone groups is 1. The number of benzene rings is 2. The van der Waals surface area contributed by atoms with Crippen LogP contribution in [0.4, 0.5) is 5.69 Å². The van der Waals surface area contributed by atoms with Crippen molar-refractivity contribution < 1.29 is 19.6 Å². The largest absolute Gasteiger partial charge is 0.504 e. The highest BCUT2D eigenvalue weighted by Gasteiger charge is 2.23. The highest BCUT2D eigenvalue weighted by molar-refractivity contribution is 6.30. The smallest absolute Gasteiger partial charge is 0.323 e. The predicted octanol–water partition coefficient (Wildman–Crippen LogP) is 2.73. The lowest BCUT2D eigenvalue weighted by atomic mass is 10.1. The van der Waals surface area contributed by atoms with Gasteiger partial charge in [0.05, 0.1) is 23.8 Å². The summed E-state index contributed by atoms with van der Waals surface area (Å²) in [6.07, 6.45) is 1.09. The van der Waals surface area contributed by atoms with E-state index in [1.165, 1.54) is 31.4 Å². The Morgan fingerprint density at radius 3 is 2.58 bits per heavy atom. The summed E-state index contributed by atoms with van der Waals surface area (Å²) in [7, 11) is 1.20. The lowest BCUT2D eigenvalue weighted by Gasteiger charge is -2.06. The molecule has 2 rings (SSSR count). The molecule has 24 heavy (non-hydrogen) atoms. The molecule has 2 N–H and O–H groups in total. The number of halogens is 1. The molecular weight excluding hydrogens is 338 g/mol. The van der Waals surface area contributed by atoms with E-state index in [0.29, 0.717) is 10.6 Å². The number of nitrogens with zero attached hydrogens (tertiary/aromatic N) is 2. The number of carbonyl (C=O) groups is 1. The van der Waals surface area contributed by atoms with Gasteiger partial charge in [-0.05, 0) is 36.4 Å². The topological polar surface area (TPSA) is 114 Å². The highest BCUT2D eigenvalue weighted by Crippen LogP contribution is 2.37. The fraction of sp³-hybridized carbons (Fsp3) is 0.0667. The molecule has 0 saturated carbocycles. The van der Waals surface area contributed by atoms with Crippen molar-refractivity contribution in [3.63, 3.8) is 0 Å². The lowest BCUT2D eigenvalue weighted by Crippen LogP contribution is -2.17. The Labute approximate surface area is 141 Å². The van der Waals surface area contributed by atoms with Gasteiger partial charge in [-0.15, -0.1) is 0 Å². The third-order valence-corrected chi connectivity index (χ3v) is 3.26. The van der Waals surface area contributed by atoms with Crippen LogP contribution in [-0.2, 0) is 0 Å². The van der Waals surface area contributed by atoms with E-state index in [0.717, 1.165) is 6.21 Å². The summed E-state index contributed by atoms with van der Waals surface area (Å²) in [6, 6.07) is 8.65. The molecule has 8 nitrogen and oxygen atoms in total. The van der Waals surface area contributed by atoms with E-state index in [1.54, 1.807) is 12.1 Å². The molecule has 2 aromatic rings. The quantitative estimate of drug-likeness (QED) is 0.489. The molecule has 0 aromatic heterocycles. The van der Waals surface area contributed by atoms with Gasteiger partial charge in [-0.2, -0.15) is 5.10 Å². The number of hydrogen-bond donors (Lipinski definition) is 2. The average molecular weight is 350 g/mol. The van der Waals surface area contributed by atoms with E-state index in [1.807, 2.05) is 0 Å². The van der Waals surface area contributed by atoms with Crippen molar-refractivity contribution in [1.29, 1.82) is 0 Å². The van der Waals surface area contributed by atoms with E-state index in [2.05, 4.69) is 10.5 Å². The summed E-state index contributed by atoms with van der Waals surface area (Å²) in [5, 5.41) is 24.9. The number of hydrogen-bond acceptors (Lipinski definition) is 6. The summed E-state index contributed by atoms with van der Waals surface area (Å²) < 4.78 is 4.83. The van der Waals surface area contributed by atoms with Crippen LogP contribution in [-0.4, -0.2) is 29.3 Å². The fourth-order valence-electron chi connectivity index (χ4n) is 1.90. The second kappa shape index (κ2) is 7.42. The third-order valence-electron chi connectivity index (χ3n) is 3.00. The summed E-state index contributed by atoms with van der Waals surface area (Å²) in [5.74, 6) is -1.16. The molecular formula is C15H12ClN3O5. The first-order valence-electron chi connectivity index (χ1n) is 6.57. The molecule has 0 unspecified atom stereocenters. The van der Waals surface area contributed by atoms with Crippen molar-refractivity contribution in [2.45, 2.75) is 0 Å². The van der Waals surface area contributed by atoms with Crippen molar-refractivity contribution in [2.24, 2.45) is 5.10 Å². The molecule has 0 aliphatic rings. The number of phenolic OH excluding ortho intramolecular Hbond substituents is 1. The Morgan fingerprint density at radius 1 is 1.33 bits per heavy atom. The molecule has 0 radical (unpaired) electrons. The van der Waals surface area contributed by atoms with Crippen LogP contribution in [0, 0.1) is 10.1 Å². The zero-order valence-corrected chi connectivity index (χ0v) is 13.1. The molecule has 2 aromatic carbocycles. The van der Waals surface area contributed by atoms with Gasteiger partial charge in [0.15, 0.2) is 5.75 Å². The zero-order valence-electron chi connectivity index (χ0n) is 12.4. The van der Waals surface area contributed by atoms with Crippen molar-refractivity contribution >= 4 is 29.4 Å². The molecule has 0 heterocycles. The van der Waals surface area contributed by atoms with Gasteiger partial charge in [0.25, 0.3) is 5.91 Å². The zero-order chi connectivity index (χ0) is 17.7. The van der Waals surface area contributed by atoms with Crippen molar-refractivity contribution in [3.8, 4) is 11.5 Å². The molecule has 0 atom stereocenters. The molecule has 0 spiro atoms. The van der Waals surface area contributed by atoms with Crippen LogP contribution in [0.2, 0.25) is 5.02 Å².